The Morgan fingerprint density at radius 1 is 1.20 bits per heavy atom. The summed E-state index contributed by atoms with van der Waals surface area (Å²) >= 11 is 1.48. The van der Waals surface area contributed by atoms with E-state index in [1.165, 1.54) is 37.1 Å². The Balaban J connectivity index is 1.55. The highest BCUT2D eigenvalue weighted by atomic mass is 32.2. The summed E-state index contributed by atoms with van der Waals surface area (Å²) in [7, 11) is 0. The van der Waals surface area contributed by atoms with Crippen LogP contribution in [0.25, 0.3) is 0 Å². The normalized spacial score (nSPS) is 21.8. The average molecular weight is 427 g/mol. The number of aliphatic imine (C=N–C) groups is 1. The van der Waals surface area contributed by atoms with Gasteiger partial charge in [-0.3, -0.25) is 9.79 Å². The number of amidine groups is 1. The number of halogens is 1. The average Bonchev–Trinajstić information content (AvgIpc) is 2.75. The molecule has 1 fully saturated rings. The monoisotopic (exact) mass is 426 g/mol. The van der Waals surface area contributed by atoms with Crippen LogP contribution in [0.5, 0.6) is 0 Å². The lowest BCUT2D eigenvalue weighted by molar-refractivity contribution is 0.102. The Morgan fingerprint density at radius 3 is 2.77 bits per heavy atom. The van der Waals surface area contributed by atoms with Gasteiger partial charge in [-0.1, -0.05) is 17.8 Å². The second-order valence-corrected chi connectivity index (χ2v) is 9.18. The molecule has 1 saturated heterocycles. The molecule has 0 aliphatic carbocycles. The predicted octanol–water partition coefficient (Wildman–Crippen LogP) is 4.74. The van der Waals surface area contributed by atoms with Crippen molar-refractivity contribution in [3.63, 3.8) is 0 Å². The van der Waals surface area contributed by atoms with Crippen molar-refractivity contribution in [1.82, 2.24) is 0 Å². The van der Waals surface area contributed by atoms with Crippen molar-refractivity contribution < 1.29 is 9.18 Å². The van der Waals surface area contributed by atoms with Crippen LogP contribution in [0.3, 0.4) is 0 Å². The fourth-order valence-electron chi connectivity index (χ4n) is 4.10. The molecule has 0 spiro atoms. The molecule has 0 saturated carbocycles. The van der Waals surface area contributed by atoms with Crippen molar-refractivity contribution >= 4 is 34.2 Å². The molecule has 30 heavy (non-hydrogen) atoms. The van der Waals surface area contributed by atoms with Gasteiger partial charge in [-0.2, -0.15) is 0 Å². The third-order valence-corrected chi connectivity index (χ3v) is 6.63. The molecule has 0 radical (unpaired) electrons. The molecule has 2 aromatic carbocycles. The van der Waals surface area contributed by atoms with Crippen LogP contribution in [0, 0.1) is 5.82 Å². The molecule has 1 amide bonds. The number of benzene rings is 2. The summed E-state index contributed by atoms with van der Waals surface area (Å²) in [5.41, 5.74) is 7.81. The number of thioether (sulfide) groups is 1. The van der Waals surface area contributed by atoms with Crippen LogP contribution < -0.4 is 16.0 Å². The van der Waals surface area contributed by atoms with Crippen molar-refractivity contribution in [2.24, 2.45) is 10.7 Å². The standard InChI is InChI=1S/C23H27FN4OS/c1-23(10-13-30-22(25)27-23)19-15-17(8-9-20(19)24)26-21(29)16-6-5-7-18(14-16)28-11-3-2-4-12-28/h5-9,14-15H,2-4,10-13H2,1H3,(H2,25,27)(H,26,29). The second kappa shape index (κ2) is 8.68. The number of rotatable bonds is 4. The lowest BCUT2D eigenvalue weighted by Crippen LogP contribution is -2.30. The number of piperidine rings is 1. The van der Waals surface area contributed by atoms with Gasteiger partial charge in [-0.25, -0.2) is 4.39 Å². The van der Waals surface area contributed by atoms with Crippen LogP contribution in [0.15, 0.2) is 47.5 Å². The summed E-state index contributed by atoms with van der Waals surface area (Å²) in [6.45, 7) is 3.92. The molecule has 0 aromatic heterocycles. The maximum Gasteiger partial charge on any atom is 0.255 e. The molecule has 2 heterocycles. The highest BCUT2D eigenvalue weighted by Crippen LogP contribution is 2.37. The lowest BCUT2D eigenvalue weighted by Gasteiger charge is -2.30. The fraction of sp³-hybridized carbons (Fsp3) is 0.391. The van der Waals surface area contributed by atoms with Gasteiger partial charge in [0.05, 0.1) is 5.54 Å². The molecule has 158 valence electrons. The third kappa shape index (κ3) is 4.46. The number of nitrogens with zero attached hydrogens (tertiary/aromatic N) is 2. The van der Waals surface area contributed by atoms with Crippen molar-refractivity contribution in [2.75, 3.05) is 29.1 Å². The Morgan fingerprint density at radius 2 is 2.00 bits per heavy atom. The largest absolute Gasteiger partial charge is 0.379 e. The number of nitrogens with two attached hydrogens (primary N) is 1. The number of hydrogen-bond acceptors (Lipinski definition) is 5. The highest BCUT2D eigenvalue weighted by molar-refractivity contribution is 8.13. The Bertz CT molecular complexity index is 973. The zero-order valence-corrected chi connectivity index (χ0v) is 18.0. The van der Waals surface area contributed by atoms with Gasteiger partial charge in [0, 0.05) is 41.3 Å². The third-order valence-electron chi connectivity index (χ3n) is 5.83. The summed E-state index contributed by atoms with van der Waals surface area (Å²) in [4.78, 5) is 19.7. The Kier molecular flexibility index (Phi) is 5.99. The maximum absolute atomic E-state index is 14.6. The van der Waals surface area contributed by atoms with Gasteiger partial charge in [-0.15, -0.1) is 0 Å². The zero-order chi connectivity index (χ0) is 21.1. The number of carbonyl (C=O) groups excluding carboxylic acids is 1. The quantitative estimate of drug-likeness (QED) is 0.741. The molecule has 2 aliphatic rings. The zero-order valence-electron chi connectivity index (χ0n) is 17.2. The molecule has 5 nitrogen and oxygen atoms in total. The summed E-state index contributed by atoms with van der Waals surface area (Å²) in [5.74, 6) is 0.232. The minimum Gasteiger partial charge on any atom is -0.379 e. The van der Waals surface area contributed by atoms with Gasteiger partial charge >= 0.3 is 0 Å². The predicted molar refractivity (Wildman–Crippen MR) is 123 cm³/mol. The summed E-state index contributed by atoms with van der Waals surface area (Å²) < 4.78 is 14.6. The minimum atomic E-state index is -0.728. The second-order valence-electron chi connectivity index (χ2n) is 8.07. The van der Waals surface area contributed by atoms with E-state index in [9.17, 15) is 9.18 Å². The van der Waals surface area contributed by atoms with Gasteiger partial charge in [-0.05, 0) is 69.0 Å². The maximum atomic E-state index is 14.6. The number of nitrogens with one attached hydrogen (secondary N) is 1. The molecule has 1 unspecified atom stereocenters. The van der Waals surface area contributed by atoms with Crippen LogP contribution in [0.1, 0.15) is 48.5 Å². The molecule has 7 heteroatoms. The van der Waals surface area contributed by atoms with Gasteiger partial charge in [0.15, 0.2) is 5.17 Å². The van der Waals surface area contributed by atoms with Crippen molar-refractivity contribution in [1.29, 1.82) is 0 Å². The SMILES string of the molecule is CC1(c2cc(NC(=O)c3cccc(N4CCCCC4)c3)ccc2F)CCSC(N)=N1. The highest BCUT2D eigenvalue weighted by Gasteiger charge is 2.32. The molecular formula is C23H27FN4OS. The number of amides is 1. The van der Waals surface area contributed by atoms with E-state index in [0.717, 1.165) is 24.5 Å². The van der Waals surface area contributed by atoms with E-state index < -0.39 is 5.54 Å². The lowest BCUT2D eigenvalue weighted by atomic mass is 9.89. The molecule has 2 aliphatic heterocycles. The van der Waals surface area contributed by atoms with E-state index in [-0.39, 0.29) is 11.7 Å². The topological polar surface area (TPSA) is 70.7 Å². The van der Waals surface area contributed by atoms with Crippen LogP contribution in [-0.2, 0) is 5.54 Å². The summed E-state index contributed by atoms with van der Waals surface area (Å²) in [5, 5.41) is 3.38. The van der Waals surface area contributed by atoms with E-state index in [0.29, 0.717) is 28.4 Å². The van der Waals surface area contributed by atoms with Crippen molar-refractivity contribution in [3.05, 3.63) is 59.4 Å². The molecular weight excluding hydrogens is 399 g/mol. The van der Waals surface area contributed by atoms with E-state index in [2.05, 4.69) is 15.2 Å². The minimum absolute atomic E-state index is 0.209. The van der Waals surface area contributed by atoms with Gasteiger partial charge < -0.3 is 16.0 Å². The van der Waals surface area contributed by atoms with E-state index >= 15 is 0 Å². The van der Waals surface area contributed by atoms with Crippen molar-refractivity contribution in [2.45, 2.75) is 38.1 Å². The van der Waals surface area contributed by atoms with E-state index in [4.69, 9.17) is 5.73 Å². The molecule has 3 N–H and O–H groups in total. The van der Waals surface area contributed by atoms with E-state index in [1.807, 2.05) is 25.1 Å². The number of carbonyl (C=O) groups is 1. The van der Waals surface area contributed by atoms with Gasteiger partial charge in [0.2, 0.25) is 0 Å². The van der Waals surface area contributed by atoms with Crippen LogP contribution in [0.2, 0.25) is 0 Å². The molecule has 2 aromatic rings. The van der Waals surface area contributed by atoms with Crippen molar-refractivity contribution in [3.8, 4) is 0 Å². The number of anilines is 2. The van der Waals surface area contributed by atoms with Gasteiger partial charge in [0.1, 0.15) is 5.82 Å². The van der Waals surface area contributed by atoms with Crippen LogP contribution in [0.4, 0.5) is 15.8 Å². The smallest absolute Gasteiger partial charge is 0.255 e. The van der Waals surface area contributed by atoms with Crippen LogP contribution in [-0.4, -0.2) is 29.9 Å². The first-order valence-electron chi connectivity index (χ1n) is 10.4. The number of hydrogen-bond donors (Lipinski definition) is 2. The first kappa shape index (κ1) is 20.7. The first-order valence-corrected chi connectivity index (χ1v) is 11.4. The fourth-order valence-corrected chi connectivity index (χ4v) is 5.07. The summed E-state index contributed by atoms with van der Waals surface area (Å²) in [6, 6.07) is 12.3. The molecule has 0 bridgehead atoms. The Labute approximate surface area is 180 Å². The molecule has 4 rings (SSSR count). The van der Waals surface area contributed by atoms with Gasteiger partial charge in [0.25, 0.3) is 5.91 Å². The van der Waals surface area contributed by atoms with Crippen LogP contribution >= 0.6 is 11.8 Å². The Hall–Kier alpha value is -2.54. The molecule has 1 atom stereocenters. The summed E-state index contributed by atoms with van der Waals surface area (Å²) in [6.07, 6.45) is 4.31. The van der Waals surface area contributed by atoms with E-state index in [1.54, 1.807) is 18.2 Å². The first-order chi connectivity index (χ1) is 14.4.